The standard InChI is InChI=1S/C12H26N2O/c1-5-11(4)13-12(9-15)6-7-14(8-12)10(2)3/h10-11,13,15H,5-9H2,1-4H3. The minimum absolute atomic E-state index is 0.0559. The van der Waals surface area contributed by atoms with Crippen LogP contribution in [0.15, 0.2) is 0 Å². The third-order valence-electron chi connectivity index (χ3n) is 3.58. The highest BCUT2D eigenvalue weighted by Crippen LogP contribution is 2.23. The summed E-state index contributed by atoms with van der Waals surface area (Å²) in [6.45, 7) is 11.1. The Morgan fingerprint density at radius 3 is 2.47 bits per heavy atom. The molecule has 0 radical (unpaired) electrons. The molecule has 0 amide bonds. The summed E-state index contributed by atoms with van der Waals surface area (Å²) < 4.78 is 0. The summed E-state index contributed by atoms with van der Waals surface area (Å²) in [4.78, 5) is 2.44. The topological polar surface area (TPSA) is 35.5 Å². The largest absolute Gasteiger partial charge is 0.394 e. The molecule has 1 saturated heterocycles. The molecule has 0 bridgehead atoms. The Labute approximate surface area is 93.9 Å². The van der Waals surface area contributed by atoms with Crippen molar-refractivity contribution >= 4 is 0 Å². The van der Waals surface area contributed by atoms with Crippen molar-refractivity contribution in [1.82, 2.24) is 10.2 Å². The van der Waals surface area contributed by atoms with Gasteiger partial charge in [0.1, 0.15) is 0 Å². The lowest BCUT2D eigenvalue weighted by molar-refractivity contribution is 0.142. The maximum Gasteiger partial charge on any atom is 0.0626 e. The minimum atomic E-state index is -0.0559. The van der Waals surface area contributed by atoms with Gasteiger partial charge in [0.2, 0.25) is 0 Å². The van der Waals surface area contributed by atoms with Gasteiger partial charge in [0, 0.05) is 25.2 Å². The van der Waals surface area contributed by atoms with E-state index in [0.717, 1.165) is 25.9 Å². The lowest BCUT2D eigenvalue weighted by atomic mass is 9.98. The highest BCUT2D eigenvalue weighted by molar-refractivity contribution is 4.98. The predicted octanol–water partition coefficient (Wildman–Crippen LogP) is 1.22. The van der Waals surface area contributed by atoms with Gasteiger partial charge in [0.15, 0.2) is 0 Å². The molecule has 15 heavy (non-hydrogen) atoms. The van der Waals surface area contributed by atoms with Crippen LogP contribution in [0.4, 0.5) is 0 Å². The van der Waals surface area contributed by atoms with Crippen molar-refractivity contribution in [1.29, 1.82) is 0 Å². The zero-order chi connectivity index (χ0) is 11.5. The van der Waals surface area contributed by atoms with Crippen LogP contribution in [0, 0.1) is 0 Å². The summed E-state index contributed by atoms with van der Waals surface area (Å²) in [7, 11) is 0. The van der Waals surface area contributed by atoms with Crippen LogP contribution in [-0.4, -0.2) is 47.3 Å². The first-order chi connectivity index (χ1) is 7.03. The van der Waals surface area contributed by atoms with Gasteiger partial charge < -0.3 is 10.4 Å². The van der Waals surface area contributed by atoms with E-state index in [1.807, 2.05) is 0 Å². The number of aliphatic hydroxyl groups is 1. The summed E-state index contributed by atoms with van der Waals surface area (Å²) in [6.07, 6.45) is 2.18. The van der Waals surface area contributed by atoms with E-state index in [0.29, 0.717) is 12.1 Å². The number of rotatable bonds is 5. The maximum absolute atomic E-state index is 9.57. The van der Waals surface area contributed by atoms with E-state index in [1.165, 1.54) is 0 Å². The van der Waals surface area contributed by atoms with E-state index in [9.17, 15) is 5.11 Å². The molecule has 90 valence electrons. The zero-order valence-corrected chi connectivity index (χ0v) is 10.6. The number of hydrogen-bond donors (Lipinski definition) is 2. The summed E-state index contributed by atoms with van der Waals surface area (Å²) in [5, 5.41) is 13.2. The molecule has 1 rings (SSSR count). The van der Waals surface area contributed by atoms with Crippen LogP contribution in [0.5, 0.6) is 0 Å². The lowest BCUT2D eigenvalue weighted by Crippen LogP contribution is -2.54. The molecule has 1 heterocycles. The van der Waals surface area contributed by atoms with Crippen molar-refractivity contribution in [3.63, 3.8) is 0 Å². The molecule has 0 saturated carbocycles. The molecule has 1 aliphatic heterocycles. The zero-order valence-electron chi connectivity index (χ0n) is 10.6. The van der Waals surface area contributed by atoms with Gasteiger partial charge >= 0.3 is 0 Å². The van der Waals surface area contributed by atoms with Crippen molar-refractivity contribution in [3.8, 4) is 0 Å². The molecule has 1 aliphatic rings. The first-order valence-corrected chi connectivity index (χ1v) is 6.15. The average Bonchev–Trinajstić information content (AvgIpc) is 2.63. The van der Waals surface area contributed by atoms with Gasteiger partial charge in [0.05, 0.1) is 12.1 Å². The second-order valence-corrected chi connectivity index (χ2v) is 5.21. The quantitative estimate of drug-likeness (QED) is 0.722. The van der Waals surface area contributed by atoms with E-state index in [4.69, 9.17) is 0 Å². The number of nitrogens with zero attached hydrogens (tertiary/aromatic N) is 1. The van der Waals surface area contributed by atoms with Crippen molar-refractivity contribution in [2.45, 2.75) is 58.2 Å². The van der Waals surface area contributed by atoms with Gasteiger partial charge in [-0.25, -0.2) is 0 Å². The summed E-state index contributed by atoms with van der Waals surface area (Å²) >= 11 is 0. The highest BCUT2D eigenvalue weighted by Gasteiger charge is 2.38. The van der Waals surface area contributed by atoms with E-state index < -0.39 is 0 Å². The molecule has 0 aromatic heterocycles. The van der Waals surface area contributed by atoms with Gasteiger partial charge in [-0.15, -0.1) is 0 Å². The molecule has 2 atom stereocenters. The molecule has 2 N–H and O–H groups in total. The van der Waals surface area contributed by atoms with E-state index in [1.54, 1.807) is 0 Å². The highest BCUT2D eigenvalue weighted by atomic mass is 16.3. The monoisotopic (exact) mass is 214 g/mol. The third kappa shape index (κ3) is 3.16. The molecule has 3 nitrogen and oxygen atoms in total. The fraction of sp³-hybridized carbons (Fsp3) is 1.00. The fourth-order valence-corrected chi connectivity index (χ4v) is 2.26. The van der Waals surface area contributed by atoms with E-state index in [2.05, 4.69) is 37.9 Å². The Balaban J connectivity index is 2.56. The second-order valence-electron chi connectivity index (χ2n) is 5.21. The van der Waals surface area contributed by atoms with Gasteiger partial charge in [-0.05, 0) is 33.6 Å². The predicted molar refractivity (Wildman–Crippen MR) is 64.0 cm³/mol. The van der Waals surface area contributed by atoms with Crippen molar-refractivity contribution in [2.75, 3.05) is 19.7 Å². The number of nitrogens with one attached hydrogen (secondary N) is 1. The van der Waals surface area contributed by atoms with E-state index >= 15 is 0 Å². The first-order valence-electron chi connectivity index (χ1n) is 6.15. The number of aliphatic hydroxyl groups excluding tert-OH is 1. The lowest BCUT2D eigenvalue weighted by Gasteiger charge is -2.32. The third-order valence-corrected chi connectivity index (χ3v) is 3.58. The molecule has 0 aromatic carbocycles. The molecule has 2 unspecified atom stereocenters. The first kappa shape index (κ1) is 12.9. The van der Waals surface area contributed by atoms with Crippen LogP contribution in [-0.2, 0) is 0 Å². The molecular weight excluding hydrogens is 188 g/mol. The molecule has 0 spiro atoms. The summed E-state index contributed by atoms with van der Waals surface area (Å²) in [6, 6.07) is 1.07. The Kier molecular flexibility index (Phi) is 4.56. The fourth-order valence-electron chi connectivity index (χ4n) is 2.26. The van der Waals surface area contributed by atoms with Crippen LogP contribution < -0.4 is 5.32 Å². The Bertz CT molecular complexity index is 196. The summed E-state index contributed by atoms with van der Waals surface area (Å²) in [5.41, 5.74) is -0.0559. The van der Waals surface area contributed by atoms with Crippen molar-refractivity contribution in [3.05, 3.63) is 0 Å². The van der Waals surface area contributed by atoms with Gasteiger partial charge in [-0.1, -0.05) is 6.92 Å². The van der Waals surface area contributed by atoms with Crippen LogP contribution >= 0.6 is 0 Å². The number of hydrogen-bond acceptors (Lipinski definition) is 3. The minimum Gasteiger partial charge on any atom is -0.394 e. The maximum atomic E-state index is 9.57. The van der Waals surface area contributed by atoms with Crippen LogP contribution in [0.25, 0.3) is 0 Å². The smallest absolute Gasteiger partial charge is 0.0626 e. The van der Waals surface area contributed by atoms with Gasteiger partial charge in [-0.2, -0.15) is 0 Å². The van der Waals surface area contributed by atoms with Crippen LogP contribution in [0.3, 0.4) is 0 Å². The van der Waals surface area contributed by atoms with Crippen LogP contribution in [0.1, 0.15) is 40.5 Å². The molecular formula is C12H26N2O. The van der Waals surface area contributed by atoms with Gasteiger partial charge in [-0.3, -0.25) is 4.90 Å². The SMILES string of the molecule is CCC(C)NC1(CO)CCN(C(C)C)C1. The van der Waals surface area contributed by atoms with Crippen LogP contribution in [0.2, 0.25) is 0 Å². The Morgan fingerprint density at radius 2 is 2.07 bits per heavy atom. The van der Waals surface area contributed by atoms with E-state index in [-0.39, 0.29) is 12.1 Å². The molecule has 0 aromatic rings. The molecule has 3 heteroatoms. The number of likely N-dealkylation sites (tertiary alicyclic amines) is 1. The van der Waals surface area contributed by atoms with Crippen molar-refractivity contribution in [2.24, 2.45) is 0 Å². The normalized spacial score (nSPS) is 30.0. The molecule has 0 aliphatic carbocycles. The summed E-state index contributed by atoms with van der Waals surface area (Å²) in [5.74, 6) is 0. The Morgan fingerprint density at radius 1 is 1.40 bits per heavy atom. The van der Waals surface area contributed by atoms with Gasteiger partial charge in [0.25, 0.3) is 0 Å². The average molecular weight is 214 g/mol. The second kappa shape index (κ2) is 5.28. The Hall–Kier alpha value is -0.120. The van der Waals surface area contributed by atoms with Crippen molar-refractivity contribution < 1.29 is 5.11 Å². The molecule has 1 fully saturated rings.